The summed E-state index contributed by atoms with van der Waals surface area (Å²) in [7, 11) is 1.40. The number of benzene rings is 1. The number of piperidine rings is 1. The summed E-state index contributed by atoms with van der Waals surface area (Å²) in [6.07, 6.45) is 1.89. The van der Waals surface area contributed by atoms with Crippen LogP contribution in [0.2, 0.25) is 0 Å². The van der Waals surface area contributed by atoms with Gasteiger partial charge in [-0.15, -0.1) is 0 Å². The van der Waals surface area contributed by atoms with Crippen LogP contribution in [0.1, 0.15) is 35.7 Å². The van der Waals surface area contributed by atoms with Crippen molar-refractivity contribution in [3.05, 3.63) is 35.4 Å². The molecule has 0 aliphatic carbocycles. The van der Waals surface area contributed by atoms with E-state index >= 15 is 0 Å². The monoisotopic (exact) mass is 290 g/mol. The number of hydrogen-bond acceptors (Lipinski definition) is 4. The second-order valence-corrected chi connectivity index (χ2v) is 5.40. The van der Waals surface area contributed by atoms with Gasteiger partial charge in [-0.3, -0.25) is 9.69 Å². The molecule has 1 aromatic rings. The molecule has 1 aromatic carbocycles. The molecule has 1 aliphatic heterocycles. The second-order valence-electron chi connectivity index (χ2n) is 5.40. The first-order chi connectivity index (χ1) is 10.1. The molecule has 1 aliphatic rings. The fourth-order valence-electron chi connectivity index (χ4n) is 2.73. The minimum absolute atomic E-state index is 0.0319. The lowest BCUT2D eigenvalue weighted by Crippen LogP contribution is -2.43. The molecule has 21 heavy (non-hydrogen) atoms. The van der Waals surface area contributed by atoms with Gasteiger partial charge in [0.25, 0.3) is 0 Å². The maximum Gasteiger partial charge on any atom is 0.338 e. The Kier molecular flexibility index (Phi) is 5.33. The van der Waals surface area contributed by atoms with E-state index in [4.69, 9.17) is 4.74 Å². The summed E-state index contributed by atoms with van der Waals surface area (Å²) in [5, 5.41) is 2.97. The number of amides is 1. The van der Waals surface area contributed by atoms with Gasteiger partial charge >= 0.3 is 5.97 Å². The van der Waals surface area contributed by atoms with E-state index in [1.807, 2.05) is 18.2 Å². The molecule has 0 atom stereocenters. The van der Waals surface area contributed by atoms with Crippen molar-refractivity contribution in [3.63, 3.8) is 0 Å². The molecule has 2 rings (SSSR count). The fraction of sp³-hybridized carbons (Fsp3) is 0.500. The Morgan fingerprint density at radius 2 is 1.95 bits per heavy atom. The van der Waals surface area contributed by atoms with Crippen LogP contribution >= 0.6 is 0 Å². The molecular weight excluding hydrogens is 268 g/mol. The smallest absolute Gasteiger partial charge is 0.338 e. The van der Waals surface area contributed by atoms with Gasteiger partial charge in [0.15, 0.2) is 0 Å². The molecule has 0 radical (unpaired) electrons. The Labute approximate surface area is 125 Å². The molecule has 1 fully saturated rings. The molecule has 1 saturated heterocycles. The Morgan fingerprint density at radius 3 is 2.57 bits per heavy atom. The SMILES string of the molecule is COC(=O)c1ccccc1CN1CCC(NC(C)=O)CC1. The number of carbonyl (C=O) groups is 2. The van der Waals surface area contributed by atoms with Crippen LogP contribution in [0.15, 0.2) is 24.3 Å². The Bertz CT molecular complexity index is 508. The van der Waals surface area contributed by atoms with Crippen molar-refractivity contribution in [2.45, 2.75) is 32.4 Å². The number of rotatable bonds is 4. The highest BCUT2D eigenvalue weighted by Gasteiger charge is 2.21. The van der Waals surface area contributed by atoms with Gasteiger partial charge in [0.1, 0.15) is 0 Å². The van der Waals surface area contributed by atoms with E-state index < -0.39 is 0 Å². The van der Waals surface area contributed by atoms with Gasteiger partial charge in [0.2, 0.25) is 5.91 Å². The Morgan fingerprint density at radius 1 is 1.29 bits per heavy atom. The first-order valence-corrected chi connectivity index (χ1v) is 7.26. The van der Waals surface area contributed by atoms with Crippen molar-refractivity contribution in [2.75, 3.05) is 20.2 Å². The third-order valence-electron chi connectivity index (χ3n) is 3.81. The number of ether oxygens (including phenoxy) is 1. The van der Waals surface area contributed by atoms with Crippen molar-refractivity contribution in [1.29, 1.82) is 0 Å². The van der Waals surface area contributed by atoms with Crippen LogP contribution in [-0.4, -0.2) is 43.0 Å². The minimum Gasteiger partial charge on any atom is -0.465 e. The highest BCUT2D eigenvalue weighted by molar-refractivity contribution is 5.90. The summed E-state index contributed by atoms with van der Waals surface area (Å²) >= 11 is 0. The summed E-state index contributed by atoms with van der Waals surface area (Å²) in [5.41, 5.74) is 1.62. The van der Waals surface area contributed by atoms with Gasteiger partial charge in [-0.25, -0.2) is 4.79 Å². The number of methoxy groups -OCH3 is 1. The lowest BCUT2D eigenvalue weighted by molar-refractivity contribution is -0.120. The predicted octanol–water partition coefficient (Wildman–Crippen LogP) is 1.57. The maximum absolute atomic E-state index is 11.8. The molecule has 0 saturated carbocycles. The third kappa shape index (κ3) is 4.29. The maximum atomic E-state index is 11.8. The Hall–Kier alpha value is -1.88. The Balaban J connectivity index is 1.95. The largest absolute Gasteiger partial charge is 0.465 e. The zero-order valence-electron chi connectivity index (χ0n) is 12.6. The van der Waals surface area contributed by atoms with E-state index in [2.05, 4.69) is 10.2 Å². The van der Waals surface area contributed by atoms with E-state index in [-0.39, 0.29) is 17.9 Å². The van der Waals surface area contributed by atoms with E-state index in [0.29, 0.717) is 5.56 Å². The highest BCUT2D eigenvalue weighted by Crippen LogP contribution is 2.17. The fourth-order valence-corrected chi connectivity index (χ4v) is 2.73. The molecule has 0 bridgehead atoms. The van der Waals surface area contributed by atoms with Crippen molar-refractivity contribution in [2.24, 2.45) is 0 Å². The highest BCUT2D eigenvalue weighted by atomic mass is 16.5. The van der Waals surface area contributed by atoms with Crippen molar-refractivity contribution in [1.82, 2.24) is 10.2 Å². The van der Waals surface area contributed by atoms with Crippen molar-refractivity contribution < 1.29 is 14.3 Å². The molecule has 0 spiro atoms. The van der Waals surface area contributed by atoms with Gasteiger partial charge in [-0.05, 0) is 24.5 Å². The van der Waals surface area contributed by atoms with Gasteiger partial charge in [0, 0.05) is 32.6 Å². The molecule has 1 heterocycles. The topological polar surface area (TPSA) is 58.6 Å². The van der Waals surface area contributed by atoms with Crippen LogP contribution in [0.25, 0.3) is 0 Å². The van der Waals surface area contributed by atoms with Crippen LogP contribution < -0.4 is 5.32 Å². The van der Waals surface area contributed by atoms with Crippen LogP contribution in [0.3, 0.4) is 0 Å². The van der Waals surface area contributed by atoms with Gasteiger partial charge < -0.3 is 10.1 Å². The van der Waals surface area contributed by atoms with Crippen LogP contribution in [0, 0.1) is 0 Å². The summed E-state index contributed by atoms with van der Waals surface area (Å²) < 4.78 is 4.82. The molecule has 0 aromatic heterocycles. The molecule has 1 amide bonds. The second kappa shape index (κ2) is 7.22. The summed E-state index contributed by atoms with van der Waals surface area (Å²) in [5.74, 6) is -0.261. The average molecular weight is 290 g/mol. The number of carbonyl (C=O) groups excluding carboxylic acids is 2. The van der Waals surface area contributed by atoms with E-state index in [1.165, 1.54) is 7.11 Å². The predicted molar refractivity (Wildman–Crippen MR) is 79.9 cm³/mol. The van der Waals surface area contributed by atoms with Crippen LogP contribution in [0.5, 0.6) is 0 Å². The zero-order valence-corrected chi connectivity index (χ0v) is 12.6. The first kappa shape index (κ1) is 15.5. The summed E-state index contributed by atoms with van der Waals surface area (Å²) in [6.45, 7) is 4.12. The van der Waals surface area contributed by atoms with Crippen LogP contribution in [-0.2, 0) is 16.1 Å². The van der Waals surface area contributed by atoms with Crippen LogP contribution in [0.4, 0.5) is 0 Å². The number of nitrogens with one attached hydrogen (secondary N) is 1. The lowest BCUT2D eigenvalue weighted by atomic mass is 10.0. The quantitative estimate of drug-likeness (QED) is 0.855. The number of hydrogen-bond donors (Lipinski definition) is 1. The van der Waals surface area contributed by atoms with Gasteiger partial charge in [0.05, 0.1) is 12.7 Å². The van der Waals surface area contributed by atoms with Crippen molar-refractivity contribution in [3.8, 4) is 0 Å². The summed E-state index contributed by atoms with van der Waals surface area (Å²) in [4.78, 5) is 25.1. The standard InChI is InChI=1S/C16H22N2O3/c1-12(19)17-14-7-9-18(10-8-14)11-13-5-3-4-6-15(13)16(20)21-2/h3-6,14H,7-11H2,1-2H3,(H,17,19). The van der Waals surface area contributed by atoms with E-state index in [0.717, 1.165) is 38.0 Å². The zero-order chi connectivity index (χ0) is 15.2. The minimum atomic E-state index is -0.293. The third-order valence-corrected chi connectivity index (χ3v) is 3.81. The molecule has 1 N–H and O–H groups in total. The van der Waals surface area contributed by atoms with E-state index in [9.17, 15) is 9.59 Å². The average Bonchev–Trinajstić information content (AvgIpc) is 2.48. The van der Waals surface area contributed by atoms with Gasteiger partial charge in [-0.2, -0.15) is 0 Å². The molecule has 5 nitrogen and oxygen atoms in total. The van der Waals surface area contributed by atoms with Crippen molar-refractivity contribution >= 4 is 11.9 Å². The van der Waals surface area contributed by atoms with E-state index in [1.54, 1.807) is 13.0 Å². The lowest BCUT2D eigenvalue weighted by Gasteiger charge is -2.32. The molecule has 0 unspecified atom stereocenters. The normalized spacial score (nSPS) is 16.5. The molecular formula is C16H22N2O3. The number of esters is 1. The molecule has 114 valence electrons. The first-order valence-electron chi connectivity index (χ1n) is 7.26. The summed E-state index contributed by atoms with van der Waals surface area (Å²) in [6, 6.07) is 7.82. The van der Waals surface area contributed by atoms with Gasteiger partial charge in [-0.1, -0.05) is 18.2 Å². The number of nitrogens with zero attached hydrogens (tertiary/aromatic N) is 1. The number of likely N-dealkylation sites (tertiary alicyclic amines) is 1. The molecule has 5 heteroatoms.